The van der Waals surface area contributed by atoms with E-state index in [0.29, 0.717) is 0 Å². The number of carbonyl (C=O) groups excluding carboxylic acids is 1. The summed E-state index contributed by atoms with van der Waals surface area (Å²) in [7, 11) is 1.10. The van der Waals surface area contributed by atoms with Gasteiger partial charge in [0.1, 0.15) is 5.69 Å². The van der Waals surface area contributed by atoms with E-state index in [1.54, 1.807) is 13.8 Å². The van der Waals surface area contributed by atoms with E-state index in [0.717, 1.165) is 7.11 Å². The Balaban J connectivity index is 3.25. The van der Waals surface area contributed by atoms with E-state index >= 15 is 0 Å². The molecule has 17 heavy (non-hydrogen) atoms. The largest absolute Gasteiger partial charge is 0.464 e. The maximum atomic E-state index is 12.7. The topological polar surface area (TPSA) is 55.0 Å². The summed E-state index contributed by atoms with van der Waals surface area (Å²) in [6.07, 6.45) is -4.45. The molecule has 0 amide bonds. The Kier molecular flexibility index (Phi) is 3.79. The third-order valence-electron chi connectivity index (χ3n) is 2.14. The molecule has 0 saturated carbocycles. The molecule has 1 rings (SSSR count). The molecule has 0 spiro atoms. The number of halogens is 3. The summed E-state index contributed by atoms with van der Waals surface area (Å²) in [6, 6.07) is 0. The minimum atomic E-state index is -4.55. The van der Waals surface area contributed by atoms with Crippen molar-refractivity contribution >= 4 is 5.97 Å². The highest BCUT2D eigenvalue weighted by Gasteiger charge is 2.38. The monoisotopic (exact) mass is 250 g/mol. The van der Waals surface area contributed by atoms with Crippen LogP contribution in [0.25, 0.3) is 0 Å². The smallest absolute Gasteiger partial charge is 0.433 e. The van der Waals surface area contributed by atoms with Crippen molar-refractivity contribution in [1.82, 2.24) is 10.2 Å². The Morgan fingerprint density at radius 1 is 1.47 bits per heavy atom. The number of esters is 1. The van der Waals surface area contributed by atoms with Crippen LogP contribution in [0, 0.1) is 5.92 Å². The fourth-order valence-electron chi connectivity index (χ4n) is 1.47. The molecule has 0 bridgehead atoms. The average molecular weight is 250 g/mol. The van der Waals surface area contributed by atoms with Crippen molar-refractivity contribution in [2.24, 2.45) is 5.92 Å². The molecule has 96 valence electrons. The van der Waals surface area contributed by atoms with Gasteiger partial charge in [-0.3, -0.25) is 5.10 Å². The maximum absolute atomic E-state index is 12.7. The number of H-pyrrole nitrogens is 1. The summed E-state index contributed by atoms with van der Waals surface area (Å²) in [6.45, 7) is 3.52. The van der Waals surface area contributed by atoms with Crippen LogP contribution in [0.3, 0.4) is 0 Å². The van der Waals surface area contributed by atoms with Gasteiger partial charge in [-0.2, -0.15) is 18.3 Å². The molecule has 1 aromatic heterocycles. The fourth-order valence-corrected chi connectivity index (χ4v) is 1.47. The Labute approximate surface area is 96.2 Å². The first-order valence-electron chi connectivity index (χ1n) is 5.00. The molecule has 0 atom stereocenters. The van der Waals surface area contributed by atoms with Crippen molar-refractivity contribution in [1.29, 1.82) is 0 Å². The molecule has 7 heteroatoms. The zero-order valence-corrected chi connectivity index (χ0v) is 9.68. The molecule has 0 aliphatic heterocycles. The molecule has 0 saturated heterocycles. The lowest BCUT2D eigenvalue weighted by Gasteiger charge is -2.09. The second-order valence-corrected chi connectivity index (χ2v) is 4.01. The van der Waals surface area contributed by atoms with Crippen LogP contribution in [0.4, 0.5) is 13.2 Å². The molecule has 0 fully saturated rings. The standard InChI is InChI=1S/C10H13F3N2O2/c1-5(2)4-6-7(9(16)17-3)14-15-8(6)10(11,12)13/h5H,4H2,1-3H3,(H,14,15). The zero-order chi connectivity index (χ0) is 13.2. The highest BCUT2D eigenvalue weighted by Crippen LogP contribution is 2.32. The van der Waals surface area contributed by atoms with Crippen LogP contribution < -0.4 is 0 Å². The third-order valence-corrected chi connectivity index (χ3v) is 2.14. The van der Waals surface area contributed by atoms with Gasteiger partial charge in [-0.05, 0) is 12.3 Å². The van der Waals surface area contributed by atoms with E-state index in [1.165, 1.54) is 0 Å². The second-order valence-electron chi connectivity index (χ2n) is 4.01. The number of hydrogen-bond acceptors (Lipinski definition) is 3. The normalized spacial score (nSPS) is 11.9. The minimum Gasteiger partial charge on any atom is -0.464 e. The molecule has 0 unspecified atom stereocenters. The van der Waals surface area contributed by atoms with Gasteiger partial charge in [0.15, 0.2) is 5.69 Å². The molecular formula is C10H13F3N2O2. The number of aromatic nitrogens is 2. The van der Waals surface area contributed by atoms with Crippen molar-refractivity contribution in [2.75, 3.05) is 7.11 Å². The highest BCUT2D eigenvalue weighted by molar-refractivity contribution is 5.89. The number of nitrogens with one attached hydrogen (secondary N) is 1. The predicted octanol–water partition coefficient (Wildman–Crippen LogP) is 2.41. The van der Waals surface area contributed by atoms with Gasteiger partial charge in [0.05, 0.1) is 7.11 Å². The molecule has 0 aliphatic carbocycles. The summed E-state index contributed by atoms with van der Waals surface area (Å²) in [5.41, 5.74) is -1.42. The fraction of sp³-hybridized carbons (Fsp3) is 0.600. The number of alkyl halides is 3. The van der Waals surface area contributed by atoms with Gasteiger partial charge in [-0.25, -0.2) is 4.79 Å². The highest BCUT2D eigenvalue weighted by atomic mass is 19.4. The summed E-state index contributed by atoms with van der Waals surface area (Å²) >= 11 is 0. The van der Waals surface area contributed by atoms with Crippen molar-refractivity contribution < 1.29 is 22.7 Å². The van der Waals surface area contributed by atoms with E-state index < -0.39 is 17.8 Å². The lowest BCUT2D eigenvalue weighted by Crippen LogP contribution is -2.13. The molecule has 0 aliphatic rings. The van der Waals surface area contributed by atoms with Crippen LogP contribution in [-0.4, -0.2) is 23.3 Å². The first kappa shape index (κ1) is 13.5. The van der Waals surface area contributed by atoms with Gasteiger partial charge in [0.25, 0.3) is 0 Å². The van der Waals surface area contributed by atoms with Crippen molar-refractivity contribution in [3.63, 3.8) is 0 Å². The SMILES string of the molecule is COC(=O)c1n[nH]c(C(F)(F)F)c1CC(C)C. The number of nitrogens with zero attached hydrogens (tertiary/aromatic N) is 1. The zero-order valence-electron chi connectivity index (χ0n) is 9.68. The third kappa shape index (κ3) is 2.98. The predicted molar refractivity (Wildman–Crippen MR) is 53.5 cm³/mol. The molecule has 1 heterocycles. The van der Waals surface area contributed by atoms with Crippen LogP contribution in [0.15, 0.2) is 0 Å². The van der Waals surface area contributed by atoms with Gasteiger partial charge in [0.2, 0.25) is 0 Å². The Bertz CT molecular complexity index is 410. The summed E-state index contributed by atoms with van der Waals surface area (Å²) in [5, 5.41) is 5.25. The second kappa shape index (κ2) is 4.77. The van der Waals surface area contributed by atoms with Gasteiger partial charge >= 0.3 is 12.1 Å². The molecule has 0 aromatic carbocycles. The maximum Gasteiger partial charge on any atom is 0.433 e. The minimum absolute atomic E-state index is 0.0305. The van der Waals surface area contributed by atoms with Crippen LogP contribution >= 0.6 is 0 Å². The number of methoxy groups -OCH3 is 1. The molecule has 0 radical (unpaired) electrons. The number of ether oxygens (including phenoxy) is 1. The first-order chi connectivity index (χ1) is 7.77. The lowest BCUT2D eigenvalue weighted by atomic mass is 10.0. The van der Waals surface area contributed by atoms with Gasteiger partial charge in [0, 0.05) is 5.56 Å². The van der Waals surface area contributed by atoms with Gasteiger partial charge in [-0.1, -0.05) is 13.8 Å². The molecule has 1 aromatic rings. The number of aromatic amines is 1. The molecule has 4 nitrogen and oxygen atoms in total. The van der Waals surface area contributed by atoms with Crippen molar-refractivity contribution in [3.05, 3.63) is 17.0 Å². The molecular weight excluding hydrogens is 237 g/mol. The number of rotatable bonds is 3. The van der Waals surface area contributed by atoms with E-state index in [-0.39, 0.29) is 23.6 Å². The van der Waals surface area contributed by atoms with Crippen molar-refractivity contribution in [3.8, 4) is 0 Å². The Hall–Kier alpha value is -1.53. The van der Waals surface area contributed by atoms with E-state index in [2.05, 4.69) is 9.84 Å². The van der Waals surface area contributed by atoms with E-state index in [1.807, 2.05) is 5.10 Å². The van der Waals surface area contributed by atoms with Crippen LogP contribution in [0.1, 0.15) is 35.6 Å². The van der Waals surface area contributed by atoms with Crippen LogP contribution in [0.2, 0.25) is 0 Å². The summed E-state index contributed by atoms with van der Waals surface area (Å²) in [4.78, 5) is 11.3. The average Bonchev–Trinajstić information content (AvgIpc) is 2.58. The quantitative estimate of drug-likeness (QED) is 0.838. The number of hydrogen-bond donors (Lipinski definition) is 1. The van der Waals surface area contributed by atoms with Crippen molar-refractivity contribution in [2.45, 2.75) is 26.4 Å². The Morgan fingerprint density at radius 2 is 2.06 bits per heavy atom. The number of carbonyl (C=O) groups is 1. The Morgan fingerprint density at radius 3 is 2.47 bits per heavy atom. The van der Waals surface area contributed by atoms with Gasteiger partial charge in [-0.15, -0.1) is 0 Å². The van der Waals surface area contributed by atoms with Gasteiger partial charge < -0.3 is 4.74 Å². The van der Waals surface area contributed by atoms with Crippen LogP contribution in [0.5, 0.6) is 0 Å². The summed E-state index contributed by atoms with van der Waals surface area (Å²) in [5.74, 6) is -0.899. The van der Waals surface area contributed by atoms with E-state index in [4.69, 9.17) is 0 Å². The summed E-state index contributed by atoms with van der Waals surface area (Å²) < 4.78 is 42.4. The molecule has 1 N–H and O–H groups in total. The van der Waals surface area contributed by atoms with E-state index in [9.17, 15) is 18.0 Å². The van der Waals surface area contributed by atoms with Crippen LogP contribution in [-0.2, 0) is 17.3 Å². The lowest BCUT2D eigenvalue weighted by molar-refractivity contribution is -0.141. The first-order valence-corrected chi connectivity index (χ1v) is 5.00.